The highest BCUT2D eigenvalue weighted by Gasteiger charge is 2.41. The van der Waals surface area contributed by atoms with E-state index in [9.17, 15) is 9.18 Å². The molecule has 1 amide bonds. The molecule has 0 unspecified atom stereocenters. The second-order valence-corrected chi connectivity index (χ2v) is 6.13. The maximum Gasteiger partial charge on any atom is 0.237 e. The molecule has 5 heteroatoms. The van der Waals surface area contributed by atoms with Crippen LogP contribution in [0.2, 0.25) is 0 Å². The molecular formula is C14H23FN2O2. The first-order valence-electron chi connectivity index (χ1n) is 7.37. The van der Waals surface area contributed by atoms with Gasteiger partial charge in [0.1, 0.15) is 6.17 Å². The maximum atomic E-state index is 13.4. The molecule has 1 saturated carbocycles. The van der Waals surface area contributed by atoms with Gasteiger partial charge in [0.15, 0.2) is 0 Å². The predicted molar refractivity (Wildman–Crippen MR) is 69.6 cm³/mol. The Labute approximate surface area is 113 Å². The van der Waals surface area contributed by atoms with Crippen molar-refractivity contribution >= 4 is 5.91 Å². The monoisotopic (exact) mass is 270 g/mol. The van der Waals surface area contributed by atoms with Crippen molar-refractivity contribution in [3.8, 4) is 0 Å². The number of carbonyl (C=O) groups is 1. The van der Waals surface area contributed by atoms with Crippen molar-refractivity contribution in [2.45, 2.75) is 56.5 Å². The van der Waals surface area contributed by atoms with Crippen LogP contribution in [-0.4, -0.2) is 66.8 Å². The molecule has 2 atom stereocenters. The maximum absolute atomic E-state index is 13.4. The summed E-state index contributed by atoms with van der Waals surface area (Å²) in [5.74, 6) is 0.186. The fourth-order valence-corrected chi connectivity index (χ4v) is 3.84. The first-order chi connectivity index (χ1) is 9.17. The summed E-state index contributed by atoms with van der Waals surface area (Å²) in [6.07, 6.45) is 4.32. The fraction of sp³-hybridized carbons (Fsp3) is 0.929. The van der Waals surface area contributed by atoms with E-state index in [2.05, 4.69) is 0 Å². The Kier molecular flexibility index (Phi) is 3.76. The van der Waals surface area contributed by atoms with Crippen LogP contribution in [0.25, 0.3) is 0 Å². The molecule has 4 nitrogen and oxygen atoms in total. The number of carbonyl (C=O) groups excluding carboxylic acids is 1. The Balaban J connectivity index is 1.60. The molecule has 3 rings (SSSR count). The molecule has 3 fully saturated rings. The molecule has 0 aromatic rings. The second kappa shape index (κ2) is 5.37. The molecule has 1 aliphatic carbocycles. The largest absolute Gasteiger partial charge is 0.381 e. The van der Waals surface area contributed by atoms with Crippen molar-refractivity contribution in [1.82, 2.24) is 9.80 Å². The molecule has 2 aliphatic heterocycles. The van der Waals surface area contributed by atoms with Gasteiger partial charge in [0.2, 0.25) is 5.91 Å². The number of rotatable bonds is 2. The van der Waals surface area contributed by atoms with Gasteiger partial charge in [0.25, 0.3) is 0 Å². The lowest BCUT2D eigenvalue weighted by Gasteiger charge is -2.43. The minimum Gasteiger partial charge on any atom is -0.381 e. The van der Waals surface area contributed by atoms with Gasteiger partial charge in [-0.25, -0.2) is 4.39 Å². The lowest BCUT2D eigenvalue weighted by molar-refractivity contribution is -0.141. The van der Waals surface area contributed by atoms with Crippen LogP contribution in [-0.2, 0) is 9.53 Å². The quantitative estimate of drug-likeness (QED) is 0.756. The topological polar surface area (TPSA) is 32.8 Å². The Bertz CT molecular complexity index is 344. The van der Waals surface area contributed by atoms with Crippen molar-refractivity contribution in [1.29, 1.82) is 0 Å². The minimum absolute atomic E-state index is 0.186. The summed E-state index contributed by atoms with van der Waals surface area (Å²) in [5, 5.41) is 0. The van der Waals surface area contributed by atoms with Crippen LogP contribution in [0.3, 0.4) is 0 Å². The van der Waals surface area contributed by atoms with E-state index >= 15 is 0 Å². The van der Waals surface area contributed by atoms with Crippen LogP contribution in [0.15, 0.2) is 0 Å². The molecule has 108 valence electrons. The smallest absolute Gasteiger partial charge is 0.237 e. The number of halogens is 1. The normalized spacial score (nSPS) is 40.5. The molecule has 0 radical (unpaired) electrons. The number of methoxy groups -OCH3 is 1. The molecular weight excluding hydrogens is 247 g/mol. The van der Waals surface area contributed by atoms with Crippen LogP contribution in [0.5, 0.6) is 0 Å². The minimum atomic E-state index is -0.748. The van der Waals surface area contributed by atoms with Gasteiger partial charge in [-0.1, -0.05) is 0 Å². The van der Waals surface area contributed by atoms with E-state index in [1.807, 2.05) is 9.80 Å². The van der Waals surface area contributed by atoms with Gasteiger partial charge in [-0.2, -0.15) is 0 Å². The van der Waals surface area contributed by atoms with Crippen molar-refractivity contribution in [2.75, 3.05) is 26.7 Å². The Morgan fingerprint density at radius 3 is 2.58 bits per heavy atom. The molecule has 0 spiro atoms. The molecule has 2 heterocycles. The number of hydrogen-bond acceptors (Lipinski definition) is 3. The SMILES string of the molecule is COC1CCC(N2C[C@@H]3C[C@H](F)CN3CC2=O)CC1. The van der Waals surface area contributed by atoms with Crippen molar-refractivity contribution in [3.63, 3.8) is 0 Å². The molecule has 0 aromatic carbocycles. The highest BCUT2D eigenvalue weighted by Crippen LogP contribution is 2.30. The highest BCUT2D eigenvalue weighted by atomic mass is 19.1. The molecule has 0 aromatic heterocycles. The Morgan fingerprint density at radius 1 is 1.16 bits per heavy atom. The van der Waals surface area contributed by atoms with Crippen LogP contribution in [0.1, 0.15) is 32.1 Å². The predicted octanol–water partition coefficient (Wildman–Crippen LogP) is 1.20. The van der Waals surface area contributed by atoms with E-state index in [1.165, 1.54) is 0 Å². The number of fused-ring (bicyclic) bond motifs is 1. The van der Waals surface area contributed by atoms with E-state index in [4.69, 9.17) is 4.74 Å². The standard InChI is InChI=1S/C14H23FN2O2/c1-19-13-4-2-11(3-5-13)17-8-12-6-10(15)7-16(12)9-14(17)18/h10-13H,2-9H2,1H3/t10-,11?,12-,13?/m0/s1. The number of alkyl halides is 1. The van der Waals surface area contributed by atoms with Gasteiger partial charge < -0.3 is 9.64 Å². The van der Waals surface area contributed by atoms with Crippen LogP contribution >= 0.6 is 0 Å². The van der Waals surface area contributed by atoms with Crippen LogP contribution in [0, 0.1) is 0 Å². The zero-order chi connectivity index (χ0) is 13.4. The fourth-order valence-electron chi connectivity index (χ4n) is 3.84. The van der Waals surface area contributed by atoms with Gasteiger partial charge in [0.05, 0.1) is 12.6 Å². The van der Waals surface area contributed by atoms with E-state index in [1.54, 1.807) is 7.11 Å². The average molecular weight is 270 g/mol. The zero-order valence-electron chi connectivity index (χ0n) is 11.6. The lowest BCUT2D eigenvalue weighted by Crippen LogP contribution is -2.57. The summed E-state index contributed by atoms with van der Waals surface area (Å²) in [4.78, 5) is 16.3. The number of piperazine rings is 1. The number of amides is 1. The molecule has 19 heavy (non-hydrogen) atoms. The number of ether oxygens (including phenoxy) is 1. The lowest BCUT2D eigenvalue weighted by atomic mass is 9.91. The van der Waals surface area contributed by atoms with Gasteiger partial charge in [0, 0.05) is 32.3 Å². The zero-order valence-corrected chi connectivity index (χ0v) is 11.6. The Morgan fingerprint density at radius 2 is 1.89 bits per heavy atom. The van der Waals surface area contributed by atoms with E-state index < -0.39 is 6.17 Å². The van der Waals surface area contributed by atoms with E-state index in [0.717, 1.165) is 32.2 Å². The summed E-state index contributed by atoms with van der Waals surface area (Å²) >= 11 is 0. The molecule has 0 N–H and O–H groups in total. The molecule has 2 saturated heterocycles. The Hall–Kier alpha value is -0.680. The van der Waals surface area contributed by atoms with E-state index in [-0.39, 0.29) is 11.9 Å². The van der Waals surface area contributed by atoms with Gasteiger partial charge in [-0.05, 0) is 32.1 Å². The van der Waals surface area contributed by atoms with Crippen LogP contribution in [0.4, 0.5) is 4.39 Å². The summed E-state index contributed by atoms with van der Waals surface area (Å²) in [6, 6.07) is 0.590. The van der Waals surface area contributed by atoms with Gasteiger partial charge in [-0.3, -0.25) is 9.69 Å². The average Bonchev–Trinajstić information content (AvgIpc) is 2.77. The summed E-state index contributed by atoms with van der Waals surface area (Å²) < 4.78 is 18.8. The van der Waals surface area contributed by atoms with Crippen LogP contribution < -0.4 is 0 Å². The summed E-state index contributed by atoms with van der Waals surface area (Å²) in [5.41, 5.74) is 0. The van der Waals surface area contributed by atoms with Gasteiger partial charge >= 0.3 is 0 Å². The third-order valence-corrected chi connectivity index (χ3v) is 4.96. The summed E-state index contributed by atoms with van der Waals surface area (Å²) in [6.45, 7) is 1.58. The third-order valence-electron chi connectivity index (χ3n) is 4.96. The third kappa shape index (κ3) is 2.63. The molecule has 3 aliphatic rings. The van der Waals surface area contributed by atoms with Crippen molar-refractivity contribution in [3.05, 3.63) is 0 Å². The summed E-state index contributed by atoms with van der Waals surface area (Å²) in [7, 11) is 1.76. The first kappa shape index (κ1) is 13.3. The highest BCUT2D eigenvalue weighted by molar-refractivity contribution is 5.79. The van der Waals surface area contributed by atoms with E-state index in [0.29, 0.717) is 31.7 Å². The first-order valence-corrected chi connectivity index (χ1v) is 7.37. The number of hydrogen-bond donors (Lipinski definition) is 0. The second-order valence-electron chi connectivity index (χ2n) is 6.13. The van der Waals surface area contributed by atoms with Crippen molar-refractivity contribution in [2.24, 2.45) is 0 Å². The van der Waals surface area contributed by atoms with Gasteiger partial charge in [-0.15, -0.1) is 0 Å². The number of nitrogens with zero attached hydrogens (tertiary/aromatic N) is 2. The molecule has 0 bridgehead atoms. The van der Waals surface area contributed by atoms with Crippen molar-refractivity contribution < 1.29 is 13.9 Å².